The number of hydrogen-bond acceptors (Lipinski definition) is 3. The molecule has 0 heterocycles. The number of thiol groups is 1. The summed E-state index contributed by atoms with van der Waals surface area (Å²) < 4.78 is 78.7. The Balaban J connectivity index is 3.27. The van der Waals surface area contributed by atoms with Gasteiger partial charge in [-0.05, 0) is 24.3 Å². The molecule has 17 heavy (non-hydrogen) atoms. The molecule has 1 aromatic rings. The van der Waals surface area contributed by atoms with Gasteiger partial charge in [0, 0.05) is 6.26 Å². The van der Waals surface area contributed by atoms with Crippen LogP contribution in [0.5, 0.6) is 0 Å². The molecule has 0 aromatic heterocycles. The highest BCUT2D eigenvalue weighted by Crippen LogP contribution is 2.30. The van der Waals surface area contributed by atoms with Gasteiger partial charge in [0.25, 0.3) is 9.84 Å². The van der Waals surface area contributed by atoms with Gasteiger partial charge in [-0.2, -0.15) is 23.4 Å². The SMILES string of the molecule is C[SH](=O)(O)c1ccc(S(=O)(=O)C(F)(F)F)cc1. The van der Waals surface area contributed by atoms with Crippen molar-refractivity contribution < 1.29 is 30.4 Å². The van der Waals surface area contributed by atoms with Crippen LogP contribution in [0.2, 0.25) is 0 Å². The molecular formula is C8H9F3O4S2. The van der Waals surface area contributed by atoms with E-state index in [0.29, 0.717) is 12.1 Å². The largest absolute Gasteiger partial charge is 0.501 e. The lowest BCUT2D eigenvalue weighted by Gasteiger charge is -2.16. The molecule has 0 aliphatic carbocycles. The van der Waals surface area contributed by atoms with Gasteiger partial charge >= 0.3 is 5.51 Å². The summed E-state index contributed by atoms with van der Waals surface area (Å²) in [6.45, 7) is 0. The van der Waals surface area contributed by atoms with Crippen molar-refractivity contribution in [3.8, 4) is 0 Å². The van der Waals surface area contributed by atoms with Crippen molar-refractivity contribution in [1.29, 1.82) is 0 Å². The smallest absolute Gasteiger partial charge is 0.301 e. The highest BCUT2D eigenvalue weighted by atomic mass is 32.3. The summed E-state index contributed by atoms with van der Waals surface area (Å²) in [7, 11) is -9.02. The van der Waals surface area contributed by atoms with Gasteiger partial charge in [0.2, 0.25) is 0 Å². The van der Waals surface area contributed by atoms with Crippen molar-refractivity contribution in [2.75, 3.05) is 6.26 Å². The fraction of sp³-hybridized carbons (Fsp3) is 0.250. The Morgan fingerprint density at radius 1 is 1.18 bits per heavy atom. The third-order valence-electron chi connectivity index (χ3n) is 1.93. The summed E-state index contributed by atoms with van der Waals surface area (Å²) >= 11 is 0. The topological polar surface area (TPSA) is 71.4 Å². The van der Waals surface area contributed by atoms with E-state index >= 15 is 0 Å². The van der Waals surface area contributed by atoms with Gasteiger partial charge in [0.05, 0.1) is 9.79 Å². The molecule has 0 atom stereocenters. The maximum Gasteiger partial charge on any atom is 0.501 e. The van der Waals surface area contributed by atoms with Gasteiger partial charge < -0.3 is 4.55 Å². The number of sulfone groups is 1. The molecule has 9 heteroatoms. The molecule has 0 amide bonds. The molecule has 0 saturated heterocycles. The summed E-state index contributed by atoms with van der Waals surface area (Å²) in [5.41, 5.74) is -5.39. The maximum absolute atomic E-state index is 12.2. The molecule has 0 unspecified atom stereocenters. The first kappa shape index (κ1) is 14.1. The minimum atomic E-state index is -5.41. The van der Waals surface area contributed by atoms with Crippen LogP contribution in [0.4, 0.5) is 13.2 Å². The lowest BCUT2D eigenvalue weighted by atomic mass is 10.4. The van der Waals surface area contributed by atoms with Crippen LogP contribution in [0.15, 0.2) is 34.1 Å². The predicted molar refractivity (Wildman–Crippen MR) is 56.0 cm³/mol. The Bertz CT molecular complexity index is 553. The van der Waals surface area contributed by atoms with Gasteiger partial charge in [-0.1, -0.05) is 0 Å². The first-order chi connectivity index (χ1) is 7.46. The summed E-state index contributed by atoms with van der Waals surface area (Å²) in [6, 6.07) is 3.09. The minimum absolute atomic E-state index is 0.112. The fourth-order valence-electron chi connectivity index (χ4n) is 1.04. The van der Waals surface area contributed by atoms with Gasteiger partial charge in [0.15, 0.2) is 0 Å². The zero-order valence-electron chi connectivity index (χ0n) is 8.47. The molecule has 0 radical (unpaired) electrons. The Morgan fingerprint density at radius 3 is 1.88 bits per heavy atom. The average molecular weight is 290 g/mol. The van der Waals surface area contributed by atoms with Crippen molar-refractivity contribution in [2.24, 2.45) is 0 Å². The third kappa shape index (κ3) is 2.85. The van der Waals surface area contributed by atoms with E-state index in [2.05, 4.69) is 0 Å². The van der Waals surface area contributed by atoms with Gasteiger partial charge in [-0.3, -0.25) is 0 Å². The zero-order chi connectivity index (χ0) is 13.5. The molecule has 0 aliphatic rings. The van der Waals surface area contributed by atoms with Gasteiger partial charge in [0.1, 0.15) is 0 Å². The molecule has 0 aliphatic heterocycles. The Morgan fingerprint density at radius 2 is 1.59 bits per heavy atom. The standard InChI is InChI=1S/C8H9F3O4S2/c1-16(12,13)6-2-4-7(5-3-6)17(14,15)8(9,10)11/h2-5,16H,1H3,(H,12,13). The van der Waals surface area contributed by atoms with Crippen molar-refractivity contribution in [3.63, 3.8) is 0 Å². The second kappa shape index (κ2) is 4.07. The molecule has 98 valence electrons. The first-order valence-electron chi connectivity index (χ1n) is 4.18. The van der Waals surface area contributed by atoms with E-state index < -0.39 is 30.5 Å². The van der Waals surface area contributed by atoms with Crippen molar-refractivity contribution >= 4 is 20.1 Å². The predicted octanol–water partition coefficient (Wildman–Crippen LogP) is 1.46. The summed E-state index contributed by atoms with van der Waals surface area (Å²) in [4.78, 5) is -1.07. The average Bonchev–Trinajstić information content (AvgIpc) is 2.15. The number of alkyl halides is 3. The number of hydrogen-bond donors (Lipinski definition) is 2. The number of benzene rings is 1. The van der Waals surface area contributed by atoms with Crippen molar-refractivity contribution in [3.05, 3.63) is 24.3 Å². The molecule has 1 N–H and O–H groups in total. The Labute approximate surface area is 96.6 Å². The normalized spacial score (nSPS) is 14.6. The summed E-state index contributed by atoms with van der Waals surface area (Å²) in [5, 5.41) is 0. The Hall–Kier alpha value is -0.930. The monoisotopic (exact) mass is 290 g/mol. The van der Waals surface area contributed by atoms with E-state index in [9.17, 15) is 25.8 Å². The van der Waals surface area contributed by atoms with E-state index in [-0.39, 0.29) is 4.90 Å². The maximum atomic E-state index is 12.2. The van der Waals surface area contributed by atoms with E-state index in [0.717, 1.165) is 18.4 Å². The molecule has 4 nitrogen and oxygen atoms in total. The fourth-order valence-corrected chi connectivity index (χ4v) is 2.50. The van der Waals surface area contributed by atoms with Crippen LogP contribution in [-0.4, -0.2) is 28.9 Å². The molecular weight excluding hydrogens is 281 g/mol. The minimum Gasteiger partial charge on any atom is -0.301 e. The van der Waals surface area contributed by atoms with E-state index in [1.54, 1.807) is 0 Å². The highest BCUT2D eigenvalue weighted by Gasteiger charge is 2.46. The van der Waals surface area contributed by atoms with E-state index in [1.807, 2.05) is 0 Å². The van der Waals surface area contributed by atoms with E-state index in [4.69, 9.17) is 4.55 Å². The third-order valence-corrected chi connectivity index (χ3v) is 4.69. The number of halogens is 3. The van der Waals surface area contributed by atoms with Crippen molar-refractivity contribution in [2.45, 2.75) is 15.3 Å². The van der Waals surface area contributed by atoms with E-state index in [1.165, 1.54) is 0 Å². The van der Waals surface area contributed by atoms with Crippen LogP contribution in [0.25, 0.3) is 0 Å². The molecule has 0 fully saturated rings. The Kier molecular flexibility index (Phi) is 3.38. The molecule has 0 saturated carbocycles. The van der Waals surface area contributed by atoms with Crippen LogP contribution >= 0.6 is 0 Å². The summed E-state index contributed by atoms with van der Waals surface area (Å²) in [6.07, 6.45) is 1.00. The quantitative estimate of drug-likeness (QED) is 0.809. The first-order valence-corrected chi connectivity index (χ1v) is 7.77. The molecule has 1 aromatic carbocycles. The van der Waals surface area contributed by atoms with Crippen LogP contribution in [0.3, 0.4) is 0 Å². The second-order valence-corrected chi connectivity index (χ2v) is 7.54. The van der Waals surface area contributed by atoms with Crippen LogP contribution in [0, 0.1) is 0 Å². The lowest BCUT2D eigenvalue weighted by Crippen LogP contribution is -2.23. The number of rotatable bonds is 2. The second-order valence-electron chi connectivity index (χ2n) is 3.32. The summed E-state index contributed by atoms with van der Waals surface area (Å²) in [5.74, 6) is 0. The molecule has 1 rings (SSSR count). The van der Waals surface area contributed by atoms with Crippen LogP contribution < -0.4 is 0 Å². The van der Waals surface area contributed by atoms with Crippen molar-refractivity contribution in [1.82, 2.24) is 0 Å². The van der Waals surface area contributed by atoms with Gasteiger partial charge in [-0.15, -0.1) is 0 Å². The van der Waals surface area contributed by atoms with Crippen LogP contribution in [-0.2, 0) is 20.1 Å². The zero-order valence-corrected chi connectivity index (χ0v) is 10.2. The van der Waals surface area contributed by atoms with Crippen LogP contribution in [0.1, 0.15) is 0 Å². The molecule has 0 bridgehead atoms. The highest BCUT2D eigenvalue weighted by molar-refractivity contribution is 7.97. The molecule has 0 spiro atoms. The van der Waals surface area contributed by atoms with Gasteiger partial charge in [-0.25, -0.2) is 12.6 Å². The lowest BCUT2D eigenvalue weighted by molar-refractivity contribution is -0.0436.